The molecule has 1 aromatic heterocycles. The molecule has 1 aliphatic rings. The van der Waals surface area contributed by atoms with E-state index in [0.717, 1.165) is 17.7 Å². The number of nitrogens with one attached hydrogen (secondary N) is 1. The van der Waals surface area contributed by atoms with Gasteiger partial charge in [0.15, 0.2) is 6.61 Å². The van der Waals surface area contributed by atoms with Crippen LogP contribution in [0.5, 0.6) is 0 Å². The van der Waals surface area contributed by atoms with Gasteiger partial charge < -0.3 is 9.64 Å². The van der Waals surface area contributed by atoms with Crippen LogP contribution in [0.2, 0.25) is 0 Å². The Labute approximate surface area is 160 Å². The van der Waals surface area contributed by atoms with Crippen molar-refractivity contribution in [2.24, 2.45) is 0 Å². The average molecular weight is 377 g/mol. The number of hydrogen-bond donors (Lipinski definition) is 1. The predicted molar refractivity (Wildman–Crippen MR) is 104 cm³/mol. The van der Waals surface area contributed by atoms with Crippen molar-refractivity contribution in [2.45, 2.75) is 25.8 Å². The average Bonchev–Trinajstić information content (AvgIpc) is 3.04. The number of para-hydroxylation sites is 1. The van der Waals surface area contributed by atoms with E-state index >= 15 is 0 Å². The first-order valence-corrected chi connectivity index (χ1v) is 9.06. The lowest BCUT2D eigenvalue weighted by Gasteiger charge is -2.22. The standard InChI is InChI=1S/C21H19N3O4/c1-13-10-14-6-2-5-9-18(14)24(13)19(25)12-28-20(26)11-17-15-7-3-4-8-16(15)21(27)23-22-17/h2-9,13H,10-12H2,1H3,(H,23,27). The smallest absolute Gasteiger partial charge is 0.312 e. The maximum Gasteiger partial charge on any atom is 0.312 e. The van der Waals surface area contributed by atoms with Gasteiger partial charge in [0.2, 0.25) is 0 Å². The van der Waals surface area contributed by atoms with Crippen LogP contribution in [0.15, 0.2) is 53.3 Å². The number of amides is 1. The Hall–Kier alpha value is -3.48. The summed E-state index contributed by atoms with van der Waals surface area (Å²) in [7, 11) is 0. The lowest BCUT2D eigenvalue weighted by Crippen LogP contribution is -2.38. The molecule has 28 heavy (non-hydrogen) atoms. The molecular weight excluding hydrogens is 358 g/mol. The zero-order valence-corrected chi connectivity index (χ0v) is 15.3. The molecule has 1 amide bonds. The number of H-pyrrole nitrogens is 1. The topological polar surface area (TPSA) is 92.4 Å². The van der Waals surface area contributed by atoms with Gasteiger partial charge in [-0.25, -0.2) is 5.10 Å². The third-order valence-electron chi connectivity index (χ3n) is 4.92. The molecule has 1 atom stereocenters. The van der Waals surface area contributed by atoms with E-state index < -0.39 is 5.97 Å². The minimum absolute atomic E-state index is 0.0217. The number of carbonyl (C=O) groups is 2. The highest BCUT2D eigenvalue weighted by Crippen LogP contribution is 2.31. The van der Waals surface area contributed by atoms with Crippen molar-refractivity contribution in [3.8, 4) is 0 Å². The molecule has 0 bridgehead atoms. The SMILES string of the molecule is CC1Cc2ccccc2N1C(=O)COC(=O)Cc1n[nH]c(=O)c2ccccc12. The Bertz CT molecular complexity index is 1120. The number of carbonyl (C=O) groups excluding carboxylic acids is 2. The minimum atomic E-state index is -0.571. The van der Waals surface area contributed by atoms with Crippen LogP contribution in [0.3, 0.4) is 0 Å². The van der Waals surface area contributed by atoms with Crippen LogP contribution < -0.4 is 10.5 Å². The van der Waals surface area contributed by atoms with E-state index in [1.165, 1.54) is 0 Å². The summed E-state index contributed by atoms with van der Waals surface area (Å²) in [5.74, 6) is -0.830. The zero-order chi connectivity index (χ0) is 19.7. The van der Waals surface area contributed by atoms with Gasteiger partial charge in [0.1, 0.15) is 0 Å². The summed E-state index contributed by atoms with van der Waals surface area (Å²) < 4.78 is 5.20. The summed E-state index contributed by atoms with van der Waals surface area (Å²) in [5, 5.41) is 7.40. The third kappa shape index (κ3) is 3.26. The molecule has 0 radical (unpaired) electrons. The monoisotopic (exact) mass is 377 g/mol. The van der Waals surface area contributed by atoms with E-state index in [9.17, 15) is 14.4 Å². The fourth-order valence-electron chi connectivity index (χ4n) is 3.65. The summed E-state index contributed by atoms with van der Waals surface area (Å²) in [4.78, 5) is 38.4. The molecule has 2 heterocycles. The van der Waals surface area contributed by atoms with Crippen LogP contribution in [-0.4, -0.2) is 34.7 Å². The van der Waals surface area contributed by atoms with Crippen molar-refractivity contribution in [3.63, 3.8) is 0 Å². The number of ether oxygens (including phenoxy) is 1. The normalized spacial score (nSPS) is 15.5. The molecule has 7 heteroatoms. The summed E-state index contributed by atoms with van der Waals surface area (Å²) in [6.45, 7) is 1.63. The Morgan fingerprint density at radius 3 is 2.68 bits per heavy atom. The lowest BCUT2D eigenvalue weighted by molar-refractivity contribution is -0.147. The van der Waals surface area contributed by atoms with Crippen molar-refractivity contribution in [1.82, 2.24) is 10.2 Å². The van der Waals surface area contributed by atoms with Gasteiger partial charge in [-0.1, -0.05) is 36.4 Å². The molecule has 3 aromatic rings. The van der Waals surface area contributed by atoms with Crippen LogP contribution in [0.25, 0.3) is 10.8 Å². The number of rotatable bonds is 4. The number of hydrogen-bond acceptors (Lipinski definition) is 5. The predicted octanol–water partition coefficient (Wildman–Crippen LogP) is 1.99. The molecule has 1 unspecified atom stereocenters. The fourth-order valence-corrected chi connectivity index (χ4v) is 3.65. The number of aromatic amines is 1. The van der Waals surface area contributed by atoms with Gasteiger partial charge in [-0.05, 0) is 31.0 Å². The zero-order valence-electron chi connectivity index (χ0n) is 15.3. The van der Waals surface area contributed by atoms with Gasteiger partial charge in [0, 0.05) is 17.1 Å². The largest absolute Gasteiger partial charge is 0.455 e. The summed E-state index contributed by atoms with van der Waals surface area (Å²) >= 11 is 0. The Kier molecular flexibility index (Phi) is 4.65. The van der Waals surface area contributed by atoms with E-state index in [2.05, 4.69) is 10.2 Å². The Morgan fingerprint density at radius 1 is 1.14 bits per heavy atom. The van der Waals surface area contributed by atoms with Gasteiger partial charge >= 0.3 is 5.97 Å². The van der Waals surface area contributed by atoms with Gasteiger partial charge in [-0.3, -0.25) is 14.4 Å². The number of aromatic nitrogens is 2. The summed E-state index contributed by atoms with van der Waals surface area (Å²) in [6, 6.07) is 14.7. The number of fused-ring (bicyclic) bond motifs is 2. The number of esters is 1. The second kappa shape index (κ2) is 7.26. The van der Waals surface area contributed by atoms with E-state index in [0.29, 0.717) is 16.5 Å². The second-order valence-electron chi connectivity index (χ2n) is 6.83. The molecule has 2 aromatic carbocycles. The van der Waals surface area contributed by atoms with Crippen LogP contribution >= 0.6 is 0 Å². The Morgan fingerprint density at radius 2 is 1.86 bits per heavy atom. The molecule has 142 valence electrons. The maximum absolute atomic E-state index is 12.6. The van der Waals surface area contributed by atoms with E-state index in [1.807, 2.05) is 31.2 Å². The quantitative estimate of drug-likeness (QED) is 0.702. The first-order valence-electron chi connectivity index (χ1n) is 9.06. The molecule has 0 saturated carbocycles. The van der Waals surface area contributed by atoms with E-state index in [-0.39, 0.29) is 30.5 Å². The highest BCUT2D eigenvalue weighted by Gasteiger charge is 2.31. The molecular formula is C21H19N3O4. The molecule has 4 rings (SSSR count). The van der Waals surface area contributed by atoms with Crippen molar-refractivity contribution < 1.29 is 14.3 Å². The van der Waals surface area contributed by atoms with Gasteiger partial charge in [-0.2, -0.15) is 5.10 Å². The lowest BCUT2D eigenvalue weighted by atomic mass is 10.1. The molecule has 0 spiro atoms. The van der Waals surface area contributed by atoms with Crippen molar-refractivity contribution in [3.05, 3.63) is 70.1 Å². The van der Waals surface area contributed by atoms with Gasteiger partial charge in [0.05, 0.1) is 17.5 Å². The second-order valence-corrected chi connectivity index (χ2v) is 6.83. The number of anilines is 1. The maximum atomic E-state index is 12.6. The van der Waals surface area contributed by atoms with E-state index in [1.54, 1.807) is 29.2 Å². The molecule has 0 fully saturated rings. The minimum Gasteiger partial charge on any atom is -0.455 e. The first-order chi connectivity index (χ1) is 13.5. The highest BCUT2D eigenvalue weighted by molar-refractivity contribution is 5.98. The number of benzene rings is 2. The molecule has 7 nitrogen and oxygen atoms in total. The molecule has 1 aliphatic heterocycles. The molecule has 0 aliphatic carbocycles. The fraction of sp³-hybridized carbons (Fsp3) is 0.238. The summed E-state index contributed by atoms with van der Waals surface area (Å²) in [6.07, 6.45) is 0.653. The Balaban J connectivity index is 1.44. The van der Waals surface area contributed by atoms with Crippen LogP contribution in [0, 0.1) is 0 Å². The van der Waals surface area contributed by atoms with Gasteiger partial charge in [-0.15, -0.1) is 0 Å². The molecule has 0 saturated heterocycles. The van der Waals surface area contributed by atoms with E-state index in [4.69, 9.17) is 4.74 Å². The summed E-state index contributed by atoms with van der Waals surface area (Å²) in [5.41, 5.74) is 2.07. The van der Waals surface area contributed by atoms with Crippen LogP contribution in [-0.2, 0) is 27.2 Å². The number of nitrogens with zero attached hydrogens (tertiary/aromatic N) is 2. The van der Waals surface area contributed by atoms with Crippen LogP contribution in [0.4, 0.5) is 5.69 Å². The van der Waals surface area contributed by atoms with Crippen molar-refractivity contribution >= 4 is 28.3 Å². The van der Waals surface area contributed by atoms with Crippen molar-refractivity contribution in [2.75, 3.05) is 11.5 Å². The third-order valence-corrected chi connectivity index (χ3v) is 4.92. The molecule has 1 N–H and O–H groups in total. The van der Waals surface area contributed by atoms with Crippen molar-refractivity contribution in [1.29, 1.82) is 0 Å². The first kappa shape index (κ1) is 17.9. The highest BCUT2D eigenvalue weighted by atomic mass is 16.5. The van der Waals surface area contributed by atoms with Gasteiger partial charge in [0.25, 0.3) is 11.5 Å². The van der Waals surface area contributed by atoms with Crippen LogP contribution in [0.1, 0.15) is 18.2 Å².